The Morgan fingerprint density at radius 3 is 1.39 bits per heavy atom. The lowest BCUT2D eigenvalue weighted by molar-refractivity contribution is 0.439. The highest BCUT2D eigenvalue weighted by Crippen LogP contribution is 2.37. The third kappa shape index (κ3) is 8.44. The Morgan fingerprint density at radius 1 is 0.645 bits per heavy atom. The molecular weight excluding hydrogens is 400 g/mol. The van der Waals surface area contributed by atoms with Crippen molar-refractivity contribution in [3.63, 3.8) is 0 Å². The summed E-state index contributed by atoms with van der Waals surface area (Å²) in [6.45, 7) is 9.11. The van der Waals surface area contributed by atoms with Gasteiger partial charge in [-0.2, -0.15) is 0 Å². The molecule has 0 amide bonds. The standard InChI is InChI=1S/C28H42O2S/c1-5-21(6-2)11-9-13-23-19-25(29)15-17-27(23)31-28-18-16-26(30)20-24(28)14-10-12-22(7-3)8-4/h15-22,29-30H,5-14H2,1-4H3. The normalized spacial score (nSPS) is 11.5. The maximum atomic E-state index is 10.1. The van der Waals surface area contributed by atoms with Crippen LogP contribution in [0.5, 0.6) is 11.5 Å². The Morgan fingerprint density at radius 2 is 1.03 bits per heavy atom. The van der Waals surface area contributed by atoms with Crippen molar-refractivity contribution in [3.05, 3.63) is 47.5 Å². The second-order valence-electron chi connectivity index (χ2n) is 8.84. The van der Waals surface area contributed by atoms with E-state index in [1.807, 2.05) is 24.3 Å². The molecule has 2 N–H and O–H groups in total. The van der Waals surface area contributed by atoms with Gasteiger partial charge in [0.1, 0.15) is 11.5 Å². The number of benzene rings is 2. The molecule has 31 heavy (non-hydrogen) atoms. The van der Waals surface area contributed by atoms with Crippen molar-refractivity contribution >= 4 is 11.8 Å². The predicted octanol–water partition coefficient (Wildman–Crippen LogP) is 8.77. The highest BCUT2D eigenvalue weighted by Gasteiger charge is 2.12. The molecule has 3 heteroatoms. The zero-order valence-corrected chi connectivity index (χ0v) is 20.8. The highest BCUT2D eigenvalue weighted by atomic mass is 32.2. The summed E-state index contributed by atoms with van der Waals surface area (Å²) in [6, 6.07) is 11.5. The molecule has 0 aliphatic rings. The molecule has 2 rings (SSSR count). The second-order valence-corrected chi connectivity index (χ2v) is 9.92. The van der Waals surface area contributed by atoms with E-state index in [2.05, 4.69) is 27.7 Å². The van der Waals surface area contributed by atoms with E-state index >= 15 is 0 Å². The van der Waals surface area contributed by atoms with Gasteiger partial charge < -0.3 is 10.2 Å². The summed E-state index contributed by atoms with van der Waals surface area (Å²) < 4.78 is 0. The maximum Gasteiger partial charge on any atom is 0.115 e. The van der Waals surface area contributed by atoms with Crippen LogP contribution in [-0.2, 0) is 12.8 Å². The molecule has 0 radical (unpaired) electrons. The molecule has 0 saturated heterocycles. The van der Waals surface area contributed by atoms with Gasteiger partial charge in [-0.25, -0.2) is 0 Å². The first-order valence-electron chi connectivity index (χ1n) is 12.3. The lowest BCUT2D eigenvalue weighted by atomic mass is 9.95. The van der Waals surface area contributed by atoms with Gasteiger partial charge in [-0.1, -0.05) is 78.0 Å². The number of phenolic OH excluding ortho intramolecular Hbond substituents is 2. The third-order valence-corrected chi connectivity index (χ3v) is 7.97. The van der Waals surface area contributed by atoms with Crippen molar-refractivity contribution in [2.75, 3.05) is 0 Å². The van der Waals surface area contributed by atoms with E-state index < -0.39 is 0 Å². The molecule has 172 valence electrons. The Hall–Kier alpha value is -1.61. The van der Waals surface area contributed by atoms with Crippen LogP contribution < -0.4 is 0 Å². The van der Waals surface area contributed by atoms with Crippen molar-refractivity contribution < 1.29 is 10.2 Å². The number of phenols is 2. The Labute approximate surface area is 194 Å². The Kier molecular flexibility index (Phi) is 11.4. The molecule has 2 nitrogen and oxygen atoms in total. The van der Waals surface area contributed by atoms with Crippen molar-refractivity contribution in [1.29, 1.82) is 0 Å². The molecule has 0 aliphatic carbocycles. The first-order chi connectivity index (χ1) is 15.0. The van der Waals surface area contributed by atoms with E-state index in [1.54, 1.807) is 23.9 Å². The number of rotatable bonds is 14. The minimum absolute atomic E-state index is 0.345. The summed E-state index contributed by atoms with van der Waals surface area (Å²) in [5.74, 6) is 2.29. The van der Waals surface area contributed by atoms with Gasteiger partial charge in [-0.05, 0) is 85.0 Å². The smallest absolute Gasteiger partial charge is 0.115 e. The lowest BCUT2D eigenvalue weighted by Crippen LogP contribution is -1.99. The van der Waals surface area contributed by atoms with Crippen LogP contribution in [0.2, 0.25) is 0 Å². The number of aromatic hydroxyl groups is 2. The average molecular weight is 443 g/mol. The molecule has 0 heterocycles. The van der Waals surface area contributed by atoms with Crippen molar-refractivity contribution in [1.82, 2.24) is 0 Å². The van der Waals surface area contributed by atoms with Gasteiger partial charge in [0.15, 0.2) is 0 Å². The molecule has 0 spiro atoms. The monoisotopic (exact) mass is 442 g/mol. The molecule has 2 aromatic rings. The molecule has 0 atom stereocenters. The largest absolute Gasteiger partial charge is 0.508 e. The zero-order chi connectivity index (χ0) is 22.6. The lowest BCUT2D eigenvalue weighted by Gasteiger charge is -2.16. The van der Waals surface area contributed by atoms with Gasteiger partial charge in [0.05, 0.1) is 0 Å². The molecule has 0 bridgehead atoms. The zero-order valence-electron chi connectivity index (χ0n) is 20.0. The van der Waals surface area contributed by atoms with E-state index in [9.17, 15) is 10.2 Å². The van der Waals surface area contributed by atoms with Crippen LogP contribution in [-0.4, -0.2) is 10.2 Å². The molecule has 0 aromatic heterocycles. The number of aryl methyl sites for hydroxylation is 2. The van der Waals surface area contributed by atoms with Crippen LogP contribution in [0.25, 0.3) is 0 Å². The summed E-state index contributed by atoms with van der Waals surface area (Å²) >= 11 is 1.78. The average Bonchev–Trinajstić information content (AvgIpc) is 2.77. The van der Waals surface area contributed by atoms with Gasteiger partial charge in [0.25, 0.3) is 0 Å². The third-order valence-electron chi connectivity index (χ3n) is 6.73. The van der Waals surface area contributed by atoms with E-state index in [4.69, 9.17) is 0 Å². The van der Waals surface area contributed by atoms with Crippen LogP contribution >= 0.6 is 11.8 Å². The first kappa shape index (κ1) is 25.6. The summed E-state index contributed by atoms with van der Waals surface area (Å²) in [5.41, 5.74) is 2.46. The van der Waals surface area contributed by atoms with Gasteiger partial charge in [0, 0.05) is 9.79 Å². The van der Waals surface area contributed by atoms with Crippen LogP contribution in [0.3, 0.4) is 0 Å². The van der Waals surface area contributed by atoms with Crippen LogP contribution in [0.4, 0.5) is 0 Å². The van der Waals surface area contributed by atoms with Gasteiger partial charge in [0.2, 0.25) is 0 Å². The Balaban J connectivity index is 2.12. The SMILES string of the molecule is CCC(CC)CCCc1cc(O)ccc1Sc1ccc(O)cc1CCCC(CC)CC. The van der Waals surface area contributed by atoms with Gasteiger partial charge in [-0.3, -0.25) is 0 Å². The van der Waals surface area contributed by atoms with Crippen molar-refractivity contribution in [3.8, 4) is 11.5 Å². The van der Waals surface area contributed by atoms with Gasteiger partial charge in [-0.15, -0.1) is 0 Å². The molecule has 2 aromatic carbocycles. The maximum absolute atomic E-state index is 10.1. The quantitative estimate of drug-likeness (QED) is 0.307. The summed E-state index contributed by atoms with van der Waals surface area (Å²) in [6.07, 6.45) is 11.8. The fourth-order valence-corrected chi connectivity index (χ4v) is 5.49. The fourth-order valence-electron chi connectivity index (χ4n) is 4.40. The topological polar surface area (TPSA) is 40.5 Å². The molecule has 0 fully saturated rings. The summed E-state index contributed by atoms with van der Waals surface area (Å²) in [4.78, 5) is 2.43. The summed E-state index contributed by atoms with van der Waals surface area (Å²) in [5, 5.41) is 20.1. The fraction of sp³-hybridized carbons (Fsp3) is 0.571. The van der Waals surface area contributed by atoms with E-state index in [0.29, 0.717) is 11.5 Å². The molecule has 0 saturated carbocycles. The Bertz CT molecular complexity index is 713. The van der Waals surface area contributed by atoms with E-state index in [0.717, 1.165) is 37.5 Å². The van der Waals surface area contributed by atoms with Crippen molar-refractivity contribution in [2.24, 2.45) is 11.8 Å². The van der Waals surface area contributed by atoms with Crippen LogP contribution in [0.15, 0.2) is 46.2 Å². The van der Waals surface area contributed by atoms with Crippen LogP contribution in [0.1, 0.15) is 90.2 Å². The molecule has 0 aliphatic heterocycles. The second kappa shape index (κ2) is 13.7. The minimum atomic E-state index is 0.345. The van der Waals surface area contributed by atoms with E-state index in [1.165, 1.54) is 59.4 Å². The number of hydrogen-bond donors (Lipinski definition) is 2. The molecular formula is C28H42O2S. The van der Waals surface area contributed by atoms with Crippen LogP contribution in [0, 0.1) is 11.8 Å². The van der Waals surface area contributed by atoms with Crippen molar-refractivity contribution in [2.45, 2.75) is 102 Å². The predicted molar refractivity (Wildman–Crippen MR) is 134 cm³/mol. The minimum Gasteiger partial charge on any atom is -0.508 e. The van der Waals surface area contributed by atoms with Gasteiger partial charge >= 0.3 is 0 Å². The first-order valence-corrected chi connectivity index (χ1v) is 13.1. The van der Waals surface area contributed by atoms with E-state index in [-0.39, 0.29) is 0 Å². The highest BCUT2D eigenvalue weighted by molar-refractivity contribution is 7.99. The molecule has 0 unspecified atom stereocenters. The summed E-state index contributed by atoms with van der Waals surface area (Å²) in [7, 11) is 0. The number of hydrogen-bond acceptors (Lipinski definition) is 3.